The Morgan fingerprint density at radius 3 is 2.38 bits per heavy atom. The average molecular weight is 524 g/mol. The normalized spacial score (nSPS) is 20.5. The molecule has 1 aliphatic carbocycles. The quantitative estimate of drug-likeness (QED) is 0.469. The summed E-state index contributed by atoms with van der Waals surface area (Å²) in [5.41, 5.74) is 3.01. The lowest BCUT2D eigenvalue weighted by Crippen LogP contribution is -2.59. The van der Waals surface area contributed by atoms with Crippen molar-refractivity contribution < 1.29 is 19.5 Å². The third kappa shape index (κ3) is 6.36. The van der Waals surface area contributed by atoms with Crippen LogP contribution in [0.1, 0.15) is 49.8 Å². The van der Waals surface area contributed by atoms with E-state index >= 15 is 0 Å². The van der Waals surface area contributed by atoms with E-state index in [0.29, 0.717) is 18.8 Å². The number of hydrogen-bond acceptors (Lipinski definition) is 5. The molecule has 1 heterocycles. The number of carbonyl (C=O) groups is 3. The lowest BCUT2D eigenvalue weighted by atomic mass is 9.84. The van der Waals surface area contributed by atoms with Gasteiger partial charge in [0.1, 0.15) is 6.04 Å². The van der Waals surface area contributed by atoms with Crippen molar-refractivity contribution >= 4 is 29.5 Å². The van der Waals surface area contributed by atoms with Crippen molar-refractivity contribution in [3.05, 3.63) is 71.3 Å². The Balaban J connectivity index is 1.50. The second-order valence-electron chi connectivity index (χ2n) is 10.6. The predicted molar refractivity (Wildman–Crippen MR) is 146 cm³/mol. The van der Waals surface area contributed by atoms with Gasteiger partial charge in [0.25, 0.3) is 5.91 Å². The minimum Gasteiger partial charge on any atom is -0.381 e. The Kier molecular flexibility index (Phi) is 8.60. The summed E-state index contributed by atoms with van der Waals surface area (Å²) < 4.78 is -0.532. The van der Waals surface area contributed by atoms with Gasteiger partial charge < -0.3 is 20.6 Å². The number of benzene rings is 2. The highest BCUT2D eigenvalue weighted by atomic mass is 32.2. The first-order valence-electron chi connectivity index (χ1n) is 13.0. The summed E-state index contributed by atoms with van der Waals surface area (Å²) in [6.45, 7) is 6.24. The zero-order chi connectivity index (χ0) is 26.6. The van der Waals surface area contributed by atoms with Gasteiger partial charge in [0.15, 0.2) is 6.10 Å². The first-order chi connectivity index (χ1) is 17.7. The first kappa shape index (κ1) is 27.2. The fourth-order valence-electron chi connectivity index (χ4n) is 4.92. The largest absolute Gasteiger partial charge is 0.381 e. The number of aliphatic hydroxyl groups is 1. The number of carbonyl (C=O) groups excluding carboxylic acids is 3. The summed E-state index contributed by atoms with van der Waals surface area (Å²) >= 11 is 1.51. The molecule has 0 radical (unpaired) electrons. The van der Waals surface area contributed by atoms with Crippen LogP contribution in [0, 0.1) is 12.8 Å². The molecule has 2 fully saturated rings. The maximum absolute atomic E-state index is 13.7. The molecule has 1 saturated carbocycles. The zero-order valence-electron chi connectivity index (χ0n) is 21.8. The van der Waals surface area contributed by atoms with E-state index in [1.54, 1.807) is 0 Å². The van der Waals surface area contributed by atoms with Gasteiger partial charge in [0, 0.05) is 17.2 Å². The smallest absolute Gasteiger partial charge is 0.254 e. The molecule has 2 aromatic rings. The third-order valence-corrected chi connectivity index (χ3v) is 8.90. The Bertz CT molecular complexity index is 1120. The molecule has 3 N–H and O–H groups in total. The number of nitrogens with zero attached hydrogens (tertiary/aromatic N) is 1. The van der Waals surface area contributed by atoms with E-state index in [4.69, 9.17) is 0 Å². The summed E-state index contributed by atoms with van der Waals surface area (Å²) in [4.78, 5) is 41.3. The van der Waals surface area contributed by atoms with E-state index in [9.17, 15) is 19.5 Å². The zero-order valence-corrected chi connectivity index (χ0v) is 22.6. The Morgan fingerprint density at radius 1 is 1.05 bits per heavy atom. The van der Waals surface area contributed by atoms with E-state index in [-0.39, 0.29) is 17.7 Å². The van der Waals surface area contributed by atoms with Crippen molar-refractivity contribution in [3.63, 3.8) is 0 Å². The summed E-state index contributed by atoms with van der Waals surface area (Å²) in [6, 6.07) is 15.8. The molecule has 0 bridgehead atoms. The van der Waals surface area contributed by atoms with Gasteiger partial charge in [0.2, 0.25) is 11.8 Å². The van der Waals surface area contributed by atoms with Crippen LogP contribution in [0.3, 0.4) is 0 Å². The summed E-state index contributed by atoms with van der Waals surface area (Å²) in [5.74, 6) is -0.689. The fourth-order valence-corrected chi connectivity index (χ4v) is 6.06. The minimum absolute atomic E-state index is 0.0678. The van der Waals surface area contributed by atoms with E-state index in [1.807, 2.05) is 75.4 Å². The van der Waals surface area contributed by atoms with Crippen LogP contribution in [0.4, 0.5) is 0 Å². The monoisotopic (exact) mass is 523 g/mol. The summed E-state index contributed by atoms with van der Waals surface area (Å²) in [7, 11) is 0. The van der Waals surface area contributed by atoms with Gasteiger partial charge in [-0.05, 0) is 56.7 Å². The Labute approximate surface area is 223 Å². The Hall–Kier alpha value is -2.84. The van der Waals surface area contributed by atoms with Gasteiger partial charge in [-0.3, -0.25) is 14.4 Å². The molecule has 2 aromatic carbocycles. The maximum Gasteiger partial charge on any atom is 0.254 e. The second kappa shape index (κ2) is 11.7. The second-order valence-corrected chi connectivity index (χ2v) is 12.2. The highest BCUT2D eigenvalue weighted by Gasteiger charge is 2.49. The van der Waals surface area contributed by atoms with Crippen LogP contribution in [0.2, 0.25) is 0 Å². The van der Waals surface area contributed by atoms with E-state index < -0.39 is 28.8 Å². The highest BCUT2D eigenvalue weighted by molar-refractivity contribution is 8.00. The molecule has 2 aliphatic rings. The summed E-state index contributed by atoms with van der Waals surface area (Å²) in [5, 5.41) is 17.2. The number of aliphatic hydroxyl groups excluding tert-OH is 1. The van der Waals surface area contributed by atoms with Gasteiger partial charge in [-0.25, -0.2) is 0 Å². The molecule has 3 amide bonds. The molecular weight excluding hydrogens is 486 g/mol. The van der Waals surface area contributed by atoms with Crippen LogP contribution >= 0.6 is 11.8 Å². The van der Waals surface area contributed by atoms with Gasteiger partial charge in [-0.15, -0.1) is 11.8 Å². The lowest BCUT2D eigenvalue weighted by Gasteiger charge is -2.34. The molecule has 0 unspecified atom stereocenters. The number of aryl methyl sites for hydroxylation is 1. The number of rotatable bonds is 9. The highest BCUT2D eigenvalue weighted by Crippen LogP contribution is 2.40. The topological polar surface area (TPSA) is 98.7 Å². The van der Waals surface area contributed by atoms with Crippen LogP contribution in [0.25, 0.3) is 0 Å². The van der Waals surface area contributed by atoms with E-state index in [1.165, 1.54) is 16.7 Å². The predicted octanol–water partition coefficient (Wildman–Crippen LogP) is 3.18. The molecule has 3 atom stereocenters. The molecule has 37 heavy (non-hydrogen) atoms. The maximum atomic E-state index is 13.7. The van der Waals surface area contributed by atoms with Crippen LogP contribution in [-0.4, -0.2) is 56.5 Å². The van der Waals surface area contributed by atoms with Gasteiger partial charge in [-0.1, -0.05) is 61.0 Å². The number of thioether (sulfide) groups is 1. The van der Waals surface area contributed by atoms with Gasteiger partial charge in [0.05, 0.1) is 11.9 Å². The van der Waals surface area contributed by atoms with Crippen LogP contribution in [0.15, 0.2) is 54.6 Å². The van der Waals surface area contributed by atoms with Crippen LogP contribution in [-0.2, 0) is 27.3 Å². The van der Waals surface area contributed by atoms with Crippen molar-refractivity contribution in [2.45, 2.75) is 75.9 Å². The SMILES string of the molecule is Cc1ccccc1CNC(=O)[C@H]1N(C(=O)[C@@H](O)[C@H](Cc2ccccc2)NC(=O)C2CCC2)CSC1(C)C. The molecule has 1 saturated heterocycles. The lowest BCUT2D eigenvalue weighted by molar-refractivity contribution is -0.148. The van der Waals surface area contributed by atoms with Crippen molar-refractivity contribution in [1.82, 2.24) is 15.5 Å². The van der Waals surface area contributed by atoms with Crippen LogP contribution < -0.4 is 10.6 Å². The third-order valence-electron chi connectivity index (χ3n) is 7.53. The number of hydrogen-bond donors (Lipinski definition) is 3. The fraction of sp³-hybridized carbons (Fsp3) is 0.483. The standard InChI is InChI=1S/C29H37N3O4S/c1-19-10-7-8-13-22(19)17-30-27(35)25-29(2,3)37-18-32(25)28(36)24(33)23(16-20-11-5-4-6-12-20)31-26(34)21-14-9-15-21/h4-8,10-13,21,23-25,33H,9,14-18H2,1-3H3,(H,30,35)(H,31,34)/t23-,24-,25+/m0/s1. The van der Waals surface area contributed by atoms with Crippen molar-refractivity contribution in [2.75, 3.05) is 5.88 Å². The Morgan fingerprint density at radius 2 is 1.73 bits per heavy atom. The molecule has 0 aromatic heterocycles. The van der Waals surface area contributed by atoms with Crippen LogP contribution in [0.5, 0.6) is 0 Å². The number of amides is 3. The molecular formula is C29H37N3O4S. The number of nitrogens with one attached hydrogen (secondary N) is 2. The van der Waals surface area contributed by atoms with E-state index in [0.717, 1.165) is 36.0 Å². The molecule has 1 aliphatic heterocycles. The van der Waals surface area contributed by atoms with Gasteiger partial charge >= 0.3 is 0 Å². The molecule has 7 nitrogen and oxygen atoms in total. The minimum atomic E-state index is -1.47. The van der Waals surface area contributed by atoms with Crippen molar-refractivity contribution in [3.8, 4) is 0 Å². The molecule has 198 valence electrons. The molecule has 4 rings (SSSR count). The molecule has 0 spiro atoms. The van der Waals surface area contributed by atoms with Crippen molar-refractivity contribution in [1.29, 1.82) is 0 Å². The summed E-state index contributed by atoms with van der Waals surface area (Å²) in [6.07, 6.45) is 1.52. The first-order valence-corrected chi connectivity index (χ1v) is 13.9. The van der Waals surface area contributed by atoms with E-state index in [2.05, 4.69) is 10.6 Å². The molecule has 8 heteroatoms. The average Bonchev–Trinajstić information content (AvgIpc) is 3.16. The van der Waals surface area contributed by atoms with Gasteiger partial charge in [-0.2, -0.15) is 0 Å². The van der Waals surface area contributed by atoms with Crippen molar-refractivity contribution in [2.24, 2.45) is 5.92 Å².